The van der Waals surface area contributed by atoms with E-state index in [0.717, 1.165) is 5.56 Å². The highest BCUT2D eigenvalue weighted by Crippen LogP contribution is 2.26. The van der Waals surface area contributed by atoms with Crippen LogP contribution in [0.2, 0.25) is 5.02 Å². The first kappa shape index (κ1) is 22.3. The molecule has 0 aromatic heterocycles. The molecule has 31 heavy (non-hydrogen) atoms. The summed E-state index contributed by atoms with van der Waals surface area (Å²) in [7, 11) is 3.08. The number of halogens is 1. The number of hydrazone groups is 1. The Labute approximate surface area is 185 Å². The van der Waals surface area contributed by atoms with Gasteiger partial charge in [-0.15, -0.1) is 0 Å². The molecular formula is C22H23ClN4O4. The Bertz CT molecular complexity index is 1040. The molecule has 0 aliphatic carbocycles. The molecule has 9 heteroatoms. The summed E-state index contributed by atoms with van der Waals surface area (Å²) in [6, 6.07) is 12.0. The molecular weight excluding hydrogens is 420 g/mol. The zero-order valence-corrected chi connectivity index (χ0v) is 18.3. The van der Waals surface area contributed by atoms with Gasteiger partial charge < -0.3 is 15.0 Å². The zero-order valence-electron chi connectivity index (χ0n) is 17.5. The molecule has 0 saturated carbocycles. The van der Waals surface area contributed by atoms with Crippen molar-refractivity contribution in [1.82, 2.24) is 4.90 Å². The predicted molar refractivity (Wildman–Crippen MR) is 120 cm³/mol. The van der Waals surface area contributed by atoms with E-state index >= 15 is 0 Å². The Balaban J connectivity index is 1.67. The van der Waals surface area contributed by atoms with Gasteiger partial charge in [0, 0.05) is 30.6 Å². The van der Waals surface area contributed by atoms with E-state index in [4.69, 9.17) is 16.3 Å². The van der Waals surface area contributed by atoms with E-state index in [1.807, 2.05) is 6.92 Å². The Morgan fingerprint density at radius 1 is 1.19 bits per heavy atom. The van der Waals surface area contributed by atoms with Crippen LogP contribution in [0.25, 0.3) is 0 Å². The molecule has 162 valence electrons. The fourth-order valence-corrected chi connectivity index (χ4v) is 3.18. The summed E-state index contributed by atoms with van der Waals surface area (Å²) in [5.41, 5.74) is 2.16. The zero-order chi connectivity index (χ0) is 22.5. The molecule has 0 fully saturated rings. The summed E-state index contributed by atoms with van der Waals surface area (Å²) in [6.07, 6.45) is 0.347. The van der Waals surface area contributed by atoms with E-state index in [1.54, 1.807) is 49.6 Å². The van der Waals surface area contributed by atoms with Crippen LogP contribution in [0, 0.1) is 6.92 Å². The van der Waals surface area contributed by atoms with Gasteiger partial charge in [0.05, 0.1) is 19.3 Å². The lowest BCUT2D eigenvalue weighted by atomic mass is 10.1. The third kappa shape index (κ3) is 5.40. The number of nitrogens with zero attached hydrogens (tertiary/aromatic N) is 3. The number of benzene rings is 2. The lowest BCUT2D eigenvalue weighted by Crippen LogP contribution is -2.42. The van der Waals surface area contributed by atoms with Crippen LogP contribution in [0.15, 0.2) is 47.6 Å². The SMILES string of the molecule is COc1ccc(NC(=O)CN(C)C(=O)C2=NN(c3ccc(C)c(Cl)c3)C(=O)CC2)cc1. The van der Waals surface area contributed by atoms with Crippen LogP contribution in [0.1, 0.15) is 18.4 Å². The van der Waals surface area contributed by atoms with Crippen LogP contribution in [-0.4, -0.2) is 49.0 Å². The molecule has 0 saturated heterocycles. The lowest BCUT2D eigenvalue weighted by Gasteiger charge is -2.25. The van der Waals surface area contributed by atoms with Crippen LogP contribution in [0.3, 0.4) is 0 Å². The Morgan fingerprint density at radius 2 is 1.90 bits per heavy atom. The van der Waals surface area contributed by atoms with E-state index in [0.29, 0.717) is 22.1 Å². The minimum absolute atomic E-state index is 0.141. The van der Waals surface area contributed by atoms with E-state index in [1.165, 1.54) is 17.0 Å². The molecule has 2 aromatic rings. The molecule has 0 radical (unpaired) electrons. The molecule has 0 unspecified atom stereocenters. The number of amides is 3. The van der Waals surface area contributed by atoms with E-state index < -0.39 is 5.91 Å². The van der Waals surface area contributed by atoms with Gasteiger partial charge in [0.15, 0.2) is 0 Å². The fourth-order valence-electron chi connectivity index (χ4n) is 3.01. The van der Waals surface area contributed by atoms with Gasteiger partial charge >= 0.3 is 0 Å². The first-order valence-corrected chi connectivity index (χ1v) is 10.0. The number of carbonyl (C=O) groups excluding carboxylic acids is 3. The molecule has 2 aromatic carbocycles. The Morgan fingerprint density at radius 3 is 2.55 bits per heavy atom. The average molecular weight is 443 g/mol. The van der Waals surface area contributed by atoms with E-state index in [-0.39, 0.29) is 36.9 Å². The third-order valence-corrected chi connectivity index (χ3v) is 5.19. The standard InChI is InChI=1S/C22H23ClN4O4/c1-14-4-7-16(12-18(14)23)27-21(29)11-10-19(25-27)22(30)26(2)13-20(28)24-15-5-8-17(31-3)9-6-15/h4-9,12H,10-11,13H2,1-3H3,(H,24,28). The van der Waals surface area contributed by atoms with Gasteiger partial charge in [-0.05, 0) is 48.9 Å². The fraction of sp³-hybridized carbons (Fsp3) is 0.273. The van der Waals surface area contributed by atoms with Crippen molar-refractivity contribution in [2.24, 2.45) is 5.10 Å². The average Bonchev–Trinajstić information content (AvgIpc) is 2.76. The summed E-state index contributed by atoms with van der Waals surface area (Å²) < 4.78 is 5.08. The van der Waals surface area contributed by atoms with E-state index in [9.17, 15) is 14.4 Å². The quantitative estimate of drug-likeness (QED) is 0.743. The van der Waals surface area contributed by atoms with Gasteiger partial charge in [0.1, 0.15) is 11.5 Å². The summed E-state index contributed by atoms with van der Waals surface area (Å²) in [6.45, 7) is 1.70. The van der Waals surface area contributed by atoms with Crippen molar-refractivity contribution in [3.05, 3.63) is 53.1 Å². The number of hydrogen-bond donors (Lipinski definition) is 1. The van der Waals surface area contributed by atoms with Crippen LogP contribution in [-0.2, 0) is 14.4 Å². The van der Waals surface area contributed by atoms with Crippen LogP contribution >= 0.6 is 11.6 Å². The highest BCUT2D eigenvalue weighted by Gasteiger charge is 2.28. The molecule has 0 spiro atoms. The second-order valence-corrected chi connectivity index (χ2v) is 7.53. The van der Waals surface area contributed by atoms with Crippen molar-refractivity contribution in [3.63, 3.8) is 0 Å². The van der Waals surface area contributed by atoms with Crippen LogP contribution < -0.4 is 15.1 Å². The van der Waals surface area contributed by atoms with Crippen molar-refractivity contribution < 1.29 is 19.1 Å². The van der Waals surface area contributed by atoms with Gasteiger partial charge in [-0.2, -0.15) is 5.10 Å². The summed E-state index contributed by atoms with van der Waals surface area (Å²) >= 11 is 6.16. The monoisotopic (exact) mass is 442 g/mol. The van der Waals surface area contributed by atoms with Crippen molar-refractivity contribution in [3.8, 4) is 5.75 Å². The van der Waals surface area contributed by atoms with Crippen molar-refractivity contribution in [1.29, 1.82) is 0 Å². The third-order valence-electron chi connectivity index (χ3n) is 4.78. The summed E-state index contributed by atoms with van der Waals surface area (Å²) in [5.74, 6) is -0.317. The Hall–Kier alpha value is -3.39. The molecule has 1 aliphatic rings. The minimum Gasteiger partial charge on any atom is -0.497 e. The number of hydrogen-bond acceptors (Lipinski definition) is 5. The van der Waals surface area contributed by atoms with Crippen molar-refractivity contribution in [2.45, 2.75) is 19.8 Å². The smallest absolute Gasteiger partial charge is 0.270 e. The van der Waals surface area contributed by atoms with Gasteiger partial charge in [-0.3, -0.25) is 14.4 Å². The highest BCUT2D eigenvalue weighted by atomic mass is 35.5. The maximum absolute atomic E-state index is 12.8. The molecule has 8 nitrogen and oxygen atoms in total. The Kier molecular flexibility index (Phi) is 6.91. The van der Waals surface area contributed by atoms with Gasteiger partial charge in [-0.25, -0.2) is 5.01 Å². The second-order valence-electron chi connectivity index (χ2n) is 7.12. The number of rotatable bonds is 6. The second kappa shape index (κ2) is 9.61. The number of aryl methyl sites for hydroxylation is 1. The normalized spacial score (nSPS) is 13.5. The van der Waals surface area contributed by atoms with Crippen molar-refractivity contribution in [2.75, 3.05) is 31.0 Å². The number of carbonyl (C=O) groups is 3. The number of ether oxygens (including phenoxy) is 1. The molecule has 0 bridgehead atoms. The largest absolute Gasteiger partial charge is 0.497 e. The van der Waals surface area contributed by atoms with Gasteiger partial charge in [-0.1, -0.05) is 17.7 Å². The first-order chi connectivity index (χ1) is 14.8. The summed E-state index contributed by atoms with van der Waals surface area (Å²) in [5, 5.41) is 8.66. The topological polar surface area (TPSA) is 91.3 Å². The lowest BCUT2D eigenvalue weighted by molar-refractivity contribution is -0.128. The minimum atomic E-state index is -0.416. The summed E-state index contributed by atoms with van der Waals surface area (Å²) in [4.78, 5) is 38.7. The van der Waals surface area contributed by atoms with Crippen molar-refractivity contribution >= 4 is 46.4 Å². The molecule has 1 aliphatic heterocycles. The highest BCUT2D eigenvalue weighted by molar-refractivity contribution is 6.40. The van der Waals surface area contributed by atoms with Gasteiger partial charge in [0.25, 0.3) is 5.91 Å². The maximum Gasteiger partial charge on any atom is 0.270 e. The van der Waals surface area contributed by atoms with Crippen LogP contribution in [0.4, 0.5) is 11.4 Å². The maximum atomic E-state index is 12.8. The molecule has 3 rings (SSSR count). The molecule has 3 amide bonds. The number of anilines is 2. The number of nitrogens with one attached hydrogen (secondary N) is 1. The predicted octanol–water partition coefficient (Wildman–Crippen LogP) is 3.24. The van der Waals surface area contributed by atoms with Gasteiger partial charge in [0.2, 0.25) is 11.8 Å². The number of methoxy groups -OCH3 is 1. The molecule has 1 N–H and O–H groups in total. The molecule has 0 atom stereocenters. The van der Waals surface area contributed by atoms with Crippen LogP contribution in [0.5, 0.6) is 5.75 Å². The first-order valence-electron chi connectivity index (χ1n) is 9.64. The number of likely N-dealkylation sites (N-methyl/N-ethyl adjacent to an activating group) is 1. The molecule has 1 heterocycles. The van der Waals surface area contributed by atoms with E-state index in [2.05, 4.69) is 10.4 Å².